The number of hydrogen-bond acceptors (Lipinski definition) is 6. The van der Waals surface area contributed by atoms with Gasteiger partial charge in [-0.25, -0.2) is 0 Å². The second-order valence-electron chi connectivity index (χ2n) is 1.32. The molecule has 0 aromatic carbocycles. The molecule has 0 aliphatic heterocycles. The Labute approximate surface area is 74.5 Å². The number of rotatable bonds is 0. The van der Waals surface area contributed by atoms with E-state index in [1.165, 1.54) is 0 Å². The smallest absolute Gasteiger partial charge is 0.183 e. The molecule has 0 saturated carbocycles. The van der Waals surface area contributed by atoms with E-state index in [0.29, 0.717) is 0 Å². The Hall–Kier alpha value is -1.59. The van der Waals surface area contributed by atoms with Crippen LogP contribution in [0.5, 0.6) is 0 Å². The van der Waals surface area contributed by atoms with Crippen LogP contribution in [0, 0.1) is 10.8 Å². The van der Waals surface area contributed by atoms with E-state index in [4.69, 9.17) is 28.3 Å². The van der Waals surface area contributed by atoms with Gasteiger partial charge in [0.25, 0.3) is 0 Å². The van der Waals surface area contributed by atoms with Gasteiger partial charge in [-0.1, -0.05) is 0 Å². The summed E-state index contributed by atoms with van der Waals surface area (Å²) in [5.41, 5.74) is 17.9. The molecule has 10 nitrogen and oxygen atoms in total. The summed E-state index contributed by atoms with van der Waals surface area (Å²) in [5.74, 6) is -0.667. The number of nitrogens with two attached hydrogens (primary N) is 4. The van der Waals surface area contributed by atoms with Gasteiger partial charge in [0.15, 0.2) is 11.9 Å². The van der Waals surface area contributed by atoms with Crippen molar-refractivity contribution in [2.24, 2.45) is 22.9 Å². The summed E-state index contributed by atoms with van der Waals surface area (Å²) >= 11 is 0. The molecule has 0 aliphatic rings. The van der Waals surface area contributed by atoms with Crippen LogP contribution in [0.25, 0.3) is 0 Å². The van der Waals surface area contributed by atoms with Crippen molar-refractivity contribution < 1.29 is 17.5 Å². The molecular weight excluding hydrogens is 204 g/mol. The van der Waals surface area contributed by atoms with Crippen molar-refractivity contribution in [3.63, 3.8) is 0 Å². The standard InChI is InChI=1S/2CH5N3.H2O4S/c2*2-1(3)4;1-5(2,3)4/h2*(H5,2,3,4);(H2,1,2,3,4)/p-2. The molecule has 0 saturated heterocycles. The Kier molecular flexibility index (Phi) is 11.4. The van der Waals surface area contributed by atoms with Crippen LogP contribution in [0.2, 0.25) is 0 Å². The van der Waals surface area contributed by atoms with E-state index in [1.807, 2.05) is 0 Å². The molecule has 13 heavy (non-hydrogen) atoms. The SMILES string of the molecule is N=C(N)N.N=C(N)N.O=S(=O)([O-])[O-]. The summed E-state index contributed by atoms with van der Waals surface area (Å²) < 4.78 is 34.1. The Morgan fingerprint density at radius 3 is 0.923 bits per heavy atom. The van der Waals surface area contributed by atoms with Crippen LogP contribution >= 0.6 is 0 Å². The average molecular weight is 214 g/mol. The van der Waals surface area contributed by atoms with Gasteiger partial charge in [0.2, 0.25) is 0 Å². The highest BCUT2D eigenvalue weighted by atomic mass is 32.3. The minimum Gasteiger partial charge on any atom is -0.759 e. The molecule has 0 spiro atoms. The zero-order chi connectivity index (χ0) is 11.7. The van der Waals surface area contributed by atoms with E-state index in [0.717, 1.165) is 0 Å². The lowest BCUT2D eigenvalue weighted by Gasteiger charge is -2.06. The van der Waals surface area contributed by atoms with Crippen molar-refractivity contribution in [1.29, 1.82) is 10.8 Å². The molecule has 10 N–H and O–H groups in total. The summed E-state index contributed by atoms with van der Waals surface area (Å²) in [7, 11) is -5.17. The van der Waals surface area contributed by atoms with Crippen LogP contribution in [-0.2, 0) is 10.4 Å². The van der Waals surface area contributed by atoms with E-state index in [9.17, 15) is 0 Å². The normalized spacial score (nSPS) is 8.15. The maximum Gasteiger partial charge on any atom is 0.183 e. The van der Waals surface area contributed by atoms with E-state index >= 15 is 0 Å². The van der Waals surface area contributed by atoms with Crippen LogP contribution in [0.4, 0.5) is 0 Å². The molecule has 11 heteroatoms. The van der Waals surface area contributed by atoms with Crippen LogP contribution in [0.15, 0.2) is 0 Å². The molecule has 0 radical (unpaired) electrons. The molecule has 0 amide bonds. The lowest BCUT2D eigenvalue weighted by Crippen LogP contribution is -2.20. The Morgan fingerprint density at radius 2 is 0.923 bits per heavy atom. The topological polar surface area (TPSA) is 232 Å². The van der Waals surface area contributed by atoms with Crippen molar-refractivity contribution in [3.05, 3.63) is 0 Å². The maximum absolute atomic E-state index is 8.52. The zero-order valence-corrected chi connectivity index (χ0v) is 7.17. The molecule has 0 rings (SSSR count). The highest BCUT2D eigenvalue weighted by molar-refractivity contribution is 7.79. The molecule has 0 bridgehead atoms. The fourth-order valence-corrected chi connectivity index (χ4v) is 0. The number of hydrogen-bond donors (Lipinski definition) is 6. The van der Waals surface area contributed by atoms with Gasteiger partial charge in [0.05, 0.1) is 0 Å². The molecule has 0 unspecified atom stereocenters. The van der Waals surface area contributed by atoms with E-state index in [2.05, 4.69) is 22.9 Å². The predicted octanol–water partition coefficient (Wildman–Crippen LogP) is -3.66. The number of nitrogens with one attached hydrogen (secondary N) is 2. The van der Waals surface area contributed by atoms with E-state index in [-0.39, 0.29) is 11.9 Å². The van der Waals surface area contributed by atoms with Gasteiger partial charge in [-0.3, -0.25) is 19.2 Å². The van der Waals surface area contributed by atoms with Crippen molar-refractivity contribution in [1.82, 2.24) is 0 Å². The van der Waals surface area contributed by atoms with Crippen molar-refractivity contribution >= 4 is 22.3 Å². The largest absolute Gasteiger partial charge is 0.759 e. The fraction of sp³-hybridized carbons (Fsp3) is 0. The molecule has 0 aliphatic carbocycles. The predicted molar refractivity (Wildman–Crippen MR) is 42.7 cm³/mol. The second-order valence-corrected chi connectivity index (χ2v) is 2.14. The second kappa shape index (κ2) is 8.51. The van der Waals surface area contributed by atoms with E-state index in [1.54, 1.807) is 0 Å². The van der Waals surface area contributed by atoms with E-state index < -0.39 is 10.4 Å². The maximum atomic E-state index is 8.52. The summed E-state index contributed by atoms with van der Waals surface area (Å²) in [4.78, 5) is 0. The first-order chi connectivity index (χ1) is 5.46. The van der Waals surface area contributed by atoms with Gasteiger partial charge < -0.3 is 32.0 Å². The Morgan fingerprint density at radius 1 is 0.923 bits per heavy atom. The van der Waals surface area contributed by atoms with Gasteiger partial charge in [-0.2, -0.15) is 0 Å². The molecule has 0 atom stereocenters. The summed E-state index contributed by atoms with van der Waals surface area (Å²) in [6.45, 7) is 0. The third-order valence-electron chi connectivity index (χ3n) is 0. The van der Waals surface area contributed by atoms with Gasteiger partial charge in [-0.05, 0) is 0 Å². The summed E-state index contributed by atoms with van der Waals surface area (Å²) in [5, 5.41) is 12.1. The molecule has 0 fully saturated rings. The third kappa shape index (κ3) is 291. The van der Waals surface area contributed by atoms with Gasteiger partial charge in [-0.15, -0.1) is 0 Å². The van der Waals surface area contributed by atoms with Crippen LogP contribution in [0.3, 0.4) is 0 Å². The molecule has 0 heterocycles. The molecule has 0 aromatic heterocycles. The monoisotopic (exact) mass is 214 g/mol. The molecule has 0 aromatic rings. The first kappa shape index (κ1) is 17.5. The molecular formula is C2H10N6O4S-2. The quantitative estimate of drug-likeness (QED) is 0.101. The van der Waals surface area contributed by atoms with Crippen LogP contribution in [-0.4, -0.2) is 29.4 Å². The first-order valence-corrected chi connectivity index (χ1v) is 3.65. The van der Waals surface area contributed by atoms with Crippen molar-refractivity contribution in [2.45, 2.75) is 0 Å². The highest BCUT2D eigenvalue weighted by Crippen LogP contribution is 1.57. The Bertz CT molecular complexity index is 217. The van der Waals surface area contributed by atoms with Crippen LogP contribution in [0.1, 0.15) is 0 Å². The lowest BCUT2D eigenvalue weighted by atomic mass is 11.1. The third-order valence-corrected chi connectivity index (χ3v) is 0. The Balaban J connectivity index is -0.000000117. The summed E-state index contributed by atoms with van der Waals surface area (Å²) in [6, 6.07) is 0. The highest BCUT2D eigenvalue weighted by Gasteiger charge is 1.53. The molecule has 80 valence electrons. The average Bonchev–Trinajstić information content (AvgIpc) is 1.50. The number of guanidine groups is 2. The zero-order valence-electron chi connectivity index (χ0n) is 6.35. The van der Waals surface area contributed by atoms with Gasteiger partial charge in [0, 0.05) is 10.4 Å². The van der Waals surface area contributed by atoms with Gasteiger partial charge in [0.1, 0.15) is 0 Å². The van der Waals surface area contributed by atoms with Crippen LogP contribution < -0.4 is 22.9 Å². The van der Waals surface area contributed by atoms with Crippen molar-refractivity contribution in [2.75, 3.05) is 0 Å². The van der Waals surface area contributed by atoms with Gasteiger partial charge >= 0.3 is 0 Å². The summed E-state index contributed by atoms with van der Waals surface area (Å²) in [6.07, 6.45) is 0. The fourth-order valence-electron chi connectivity index (χ4n) is 0. The minimum atomic E-state index is -5.17. The van der Waals surface area contributed by atoms with Crippen molar-refractivity contribution in [3.8, 4) is 0 Å². The minimum absolute atomic E-state index is 0.333. The first-order valence-electron chi connectivity index (χ1n) is 2.32. The lowest BCUT2D eigenvalue weighted by molar-refractivity contribution is 0.352.